The van der Waals surface area contributed by atoms with E-state index in [2.05, 4.69) is 9.97 Å². The van der Waals surface area contributed by atoms with Crippen molar-refractivity contribution in [2.24, 2.45) is 0 Å². The maximum Gasteiger partial charge on any atom is 0.260 e. The minimum absolute atomic E-state index is 0.124. The molecule has 102 valence electrons. The highest BCUT2D eigenvalue weighted by atomic mass is 35.5. The van der Waals surface area contributed by atoms with E-state index in [-0.39, 0.29) is 10.9 Å². The molecule has 20 heavy (non-hydrogen) atoms. The Kier molecular flexibility index (Phi) is 3.36. The van der Waals surface area contributed by atoms with Crippen LogP contribution in [0.1, 0.15) is 23.0 Å². The van der Waals surface area contributed by atoms with E-state index in [1.54, 1.807) is 6.92 Å². The number of aromatic amines is 1. The van der Waals surface area contributed by atoms with Crippen LogP contribution in [0.2, 0.25) is 0 Å². The highest BCUT2D eigenvalue weighted by Gasteiger charge is 2.17. The minimum atomic E-state index is -0.310. The summed E-state index contributed by atoms with van der Waals surface area (Å²) in [4.78, 5) is 21.4. The van der Waals surface area contributed by atoms with E-state index >= 15 is 0 Å². The van der Waals surface area contributed by atoms with Gasteiger partial charge in [-0.25, -0.2) is 4.98 Å². The summed E-state index contributed by atoms with van der Waals surface area (Å²) in [6, 6.07) is 9.91. The first-order chi connectivity index (χ1) is 9.58. The van der Waals surface area contributed by atoms with E-state index in [0.717, 1.165) is 20.8 Å². The Hall–Kier alpha value is -1.65. The monoisotopic (exact) mass is 304 g/mol. The maximum atomic E-state index is 12.4. The molecule has 0 saturated carbocycles. The first kappa shape index (κ1) is 13.3. The maximum absolute atomic E-state index is 12.4. The smallest absolute Gasteiger partial charge is 0.260 e. The van der Waals surface area contributed by atoms with Crippen LogP contribution in [0.15, 0.2) is 35.1 Å². The molecule has 2 aromatic heterocycles. The van der Waals surface area contributed by atoms with Crippen molar-refractivity contribution in [2.75, 3.05) is 0 Å². The molecule has 3 aromatic rings. The van der Waals surface area contributed by atoms with Gasteiger partial charge in [-0.1, -0.05) is 30.3 Å². The molecular formula is C15H13ClN2OS. The predicted octanol–water partition coefficient (Wildman–Crippen LogP) is 4.26. The summed E-state index contributed by atoms with van der Waals surface area (Å²) in [6.07, 6.45) is 0. The Balaban J connectivity index is 2.35. The molecule has 0 amide bonds. The van der Waals surface area contributed by atoms with Gasteiger partial charge in [0.15, 0.2) is 0 Å². The summed E-state index contributed by atoms with van der Waals surface area (Å²) in [5.41, 5.74) is 1.88. The molecule has 2 heterocycles. The van der Waals surface area contributed by atoms with Crippen molar-refractivity contribution >= 4 is 33.2 Å². The number of aryl methyl sites for hydroxylation is 1. The van der Waals surface area contributed by atoms with Crippen LogP contribution < -0.4 is 5.56 Å². The molecule has 5 heteroatoms. The van der Waals surface area contributed by atoms with E-state index in [4.69, 9.17) is 11.6 Å². The number of rotatable bonds is 2. The molecule has 0 aliphatic rings. The molecule has 0 radical (unpaired) electrons. The standard InChI is InChI=1S/C15H13ClN2OS/c1-8(16)13-17-14(19)12-11(9(2)20-15(12)18-13)10-6-4-3-5-7-10/h3-8H,1-2H3,(H,17,18,19). The Morgan fingerprint density at radius 2 is 2.00 bits per heavy atom. The van der Waals surface area contributed by atoms with Crippen molar-refractivity contribution in [3.05, 3.63) is 51.4 Å². The molecule has 1 aromatic carbocycles. The lowest BCUT2D eigenvalue weighted by molar-refractivity contribution is 0.917. The fourth-order valence-corrected chi connectivity index (χ4v) is 3.43. The van der Waals surface area contributed by atoms with E-state index in [1.165, 1.54) is 11.3 Å². The van der Waals surface area contributed by atoms with E-state index < -0.39 is 0 Å². The van der Waals surface area contributed by atoms with Crippen LogP contribution >= 0.6 is 22.9 Å². The zero-order chi connectivity index (χ0) is 14.3. The average molecular weight is 305 g/mol. The summed E-state index contributed by atoms with van der Waals surface area (Å²) in [5, 5.41) is 0.342. The van der Waals surface area contributed by atoms with Gasteiger partial charge in [0.2, 0.25) is 0 Å². The van der Waals surface area contributed by atoms with E-state index in [1.807, 2.05) is 37.3 Å². The summed E-state index contributed by atoms with van der Waals surface area (Å²) < 4.78 is 0. The Morgan fingerprint density at radius 1 is 1.30 bits per heavy atom. The first-order valence-corrected chi connectivity index (χ1v) is 7.56. The molecule has 0 bridgehead atoms. The van der Waals surface area contributed by atoms with Crippen LogP contribution in [0.3, 0.4) is 0 Å². The van der Waals surface area contributed by atoms with Crippen LogP contribution in [0.5, 0.6) is 0 Å². The van der Waals surface area contributed by atoms with Crippen molar-refractivity contribution in [2.45, 2.75) is 19.2 Å². The molecule has 3 rings (SSSR count). The van der Waals surface area contributed by atoms with Gasteiger partial charge in [0.1, 0.15) is 10.7 Å². The van der Waals surface area contributed by atoms with Crippen LogP contribution in [0.4, 0.5) is 0 Å². The normalized spacial score (nSPS) is 12.8. The number of halogens is 1. The summed E-state index contributed by atoms with van der Waals surface area (Å²) in [6.45, 7) is 3.81. The minimum Gasteiger partial charge on any atom is -0.309 e. The van der Waals surface area contributed by atoms with Gasteiger partial charge >= 0.3 is 0 Å². The number of hydrogen-bond donors (Lipinski definition) is 1. The second kappa shape index (κ2) is 5.04. The van der Waals surface area contributed by atoms with E-state index in [0.29, 0.717) is 11.2 Å². The molecule has 1 atom stereocenters. The fraction of sp³-hybridized carbons (Fsp3) is 0.200. The number of nitrogens with zero attached hydrogens (tertiary/aromatic N) is 1. The van der Waals surface area contributed by atoms with Crippen LogP contribution in [-0.4, -0.2) is 9.97 Å². The number of hydrogen-bond acceptors (Lipinski definition) is 3. The van der Waals surface area contributed by atoms with E-state index in [9.17, 15) is 4.79 Å². The fourth-order valence-electron chi connectivity index (χ4n) is 2.28. The number of alkyl halides is 1. The largest absolute Gasteiger partial charge is 0.309 e. The Labute approximate surface area is 125 Å². The van der Waals surface area contributed by atoms with Crippen LogP contribution in [-0.2, 0) is 0 Å². The Morgan fingerprint density at radius 3 is 2.65 bits per heavy atom. The van der Waals surface area contributed by atoms with Gasteiger partial charge in [-0.2, -0.15) is 0 Å². The molecule has 0 aliphatic carbocycles. The lowest BCUT2D eigenvalue weighted by Gasteiger charge is -2.03. The molecule has 3 nitrogen and oxygen atoms in total. The lowest BCUT2D eigenvalue weighted by atomic mass is 10.0. The molecule has 1 unspecified atom stereocenters. The zero-order valence-corrected chi connectivity index (χ0v) is 12.7. The molecule has 1 N–H and O–H groups in total. The number of benzene rings is 1. The van der Waals surface area contributed by atoms with Gasteiger partial charge in [0.05, 0.1) is 10.8 Å². The molecular weight excluding hydrogens is 292 g/mol. The highest BCUT2D eigenvalue weighted by molar-refractivity contribution is 7.19. The van der Waals surface area contributed by atoms with Crippen molar-refractivity contribution < 1.29 is 0 Å². The molecule has 0 saturated heterocycles. The third-order valence-electron chi connectivity index (χ3n) is 3.20. The van der Waals surface area contributed by atoms with Gasteiger partial charge in [-0.15, -0.1) is 22.9 Å². The summed E-state index contributed by atoms with van der Waals surface area (Å²) in [5.74, 6) is 0.519. The summed E-state index contributed by atoms with van der Waals surface area (Å²) in [7, 11) is 0. The van der Waals surface area contributed by atoms with Crippen LogP contribution in [0.25, 0.3) is 21.3 Å². The van der Waals surface area contributed by atoms with Gasteiger partial charge < -0.3 is 4.98 Å². The number of thiophene rings is 1. The first-order valence-electron chi connectivity index (χ1n) is 6.30. The van der Waals surface area contributed by atoms with Crippen molar-refractivity contribution in [1.82, 2.24) is 9.97 Å². The van der Waals surface area contributed by atoms with Crippen molar-refractivity contribution in [1.29, 1.82) is 0 Å². The van der Waals surface area contributed by atoms with Crippen molar-refractivity contribution in [3.63, 3.8) is 0 Å². The second-order valence-electron chi connectivity index (χ2n) is 4.65. The number of nitrogens with one attached hydrogen (secondary N) is 1. The third-order valence-corrected chi connectivity index (χ3v) is 4.40. The van der Waals surface area contributed by atoms with Gasteiger partial charge in [-0.3, -0.25) is 4.79 Å². The SMILES string of the molecule is Cc1sc2nc(C(C)Cl)[nH]c(=O)c2c1-c1ccccc1. The average Bonchev–Trinajstić information content (AvgIpc) is 2.76. The number of H-pyrrole nitrogens is 1. The second-order valence-corrected chi connectivity index (χ2v) is 6.50. The Bertz CT molecular complexity index is 821. The predicted molar refractivity (Wildman–Crippen MR) is 84.7 cm³/mol. The number of fused-ring (bicyclic) bond motifs is 1. The quantitative estimate of drug-likeness (QED) is 0.719. The van der Waals surface area contributed by atoms with Gasteiger partial charge in [0.25, 0.3) is 5.56 Å². The van der Waals surface area contributed by atoms with Gasteiger partial charge in [0, 0.05) is 10.4 Å². The molecule has 0 aliphatic heterocycles. The summed E-state index contributed by atoms with van der Waals surface area (Å²) >= 11 is 7.54. The third kappa shape index (κ3) is 2.15. The number of aromatic nitrogens is 2. The molecule has 0 fully saturated rings. The highest BCUT2D eigenvalue weighted by Crippen LogP contribution is 2.35. The van der Waals surface area contributed by atoms with Gasteiger partial charge in [-0.05, 0) is 19.4 Å². The lowest BCUT2D eigenvalue weighted by Crippen LogP contribution is -2.11. The molecule has 0 spiro atoms. The zero-order valence-electron chi connectivity index (χ0n) is 11.1. The van der Waals surface area contributed by atoms with Crippen molar-refractivity contribution in [3.8, 4) is 11.1 Å². The topological polar surface area (TPSA) is 45.8 Å². The van der Waals surface area contributed by atoms with Crippen LogP contribution in [0, 0.1) is 6.92 Å².